The first-order chi connectivity index (χ1) is 7.49. The summed E-state index contributed by atoms with van der Waals surface area (Å²) in [5, 5.41) is 2.79. The second kappa shape index (κ2) is 5.87. The van der Waals surface area contributed by atoms with Gasteiger partial charge in [-0.2, -0.15) is 0 Å². The van der Waals surface area contributed by atoms with Gasteiger partial charge in [-0.25, -0.2) is 0 Å². The molecule has 0 aromatic carbocycles. The van der Waals surface area contributed by atoms with Crippen LogP contribution in [0.2, 0.25) is 0 Å². The number of carbonyl (C=O) groups excluding carboxylic acids is 2. The molecule has 1 fully saturated rings. The summed E-state index contributed by atoms with van der Waals surface area (Å²) in [6, 6.07) is 0. The minimum atomic E-state index is -0.370. The Labute approximate surface area is 97.0 Å². The Morgan fingerprint density at radius 3 is 2.25 bits per heavy atom. The quantitative estimate of drug-likeness (QED) is 0.752. The second-order valence-corrected chi connectivity index (χ2v) is 5.12. The van der Waals surface area contributed by atoms with E-state index in [9.17, 15) is 9.59 Å². The summed E-state index contributed by atoms with van der Waals surface area (Å²) in [6.45, 7) is 4.76. The largest absolute Gasteiger partial charge is 0.370 e. The molecule has 4 heteroatoms. The van der Waals surface area contributed by atoms with E-state index in [4.69, 9.17) is 5.73 Å². The fourth-order valence-corrected chi connectivity index (χ4v) is 2.61. The molecule has 3 atom stereocenters. The van der Waals surface area contributed by atoms with Crippen LogP contribution in [-0.4, -0.2) is 18.4 Å². The van der Waals surface area contributed by atoms with Crippen LogP contribution in [0.25, 0.3) is 0 Å². The van der Waals surface area contributed by atoms with Crippen molar-refractivity contribution in [1.82, 2.24) is 5.32 Å². The van der Waals surface area contributed by atoms with E-state index in [1.807, 2.05) is 0 Å². The van der Waals surface area contributed by atoms with Gasteiger partial charge in [0, 0.05) is 18.9 Å². The summed E-state index contributed by atoms with van der Waals surface area (Å²) in [7, 11) is 0. The van der Waals surface area contributed by atoms with E-state index >= 15 is 0 Å². The topological polar surface area (TPSA) is 72.2 Å². The summed E-state index contributed by atoms with van der Waals surface area (Å²) in [6.07, 6.45) is 3.37. The third kappa shape index (κ3) is 4.21. The Bertz CT molecular complexity index is 256. The molecule has 0 bridgehead atoms. The molecule has 92 valence electrons. The molecule has 0 heterocycles. The number of primary amides is 1. The first kappa shape index (κ1) is 13.0. The van der Waals surface area contributed by atoms with Gasteiger partial charge in [-0.3, -0.25) is 9.59 Å². The average molecular weight is 226 g/mol. The SMILES string of the molecule is C[C@@H]1CC(C(=O)NCCC(N)=O)C[C@H](C)C1. The highest BCUT2D eigenvalue weighted by Gasteiger charge is 2.28. The molecule has 0 aliphatic heterocycles. The van der Waals surface area contributed by atoms with Crippen LogP contribution < -0.4 is 11.1 Å². The van der Waals surface area contributed by atoms with Gasteiger partial charge in [0.15, 0.2) is 0 Å². The zero-order valence-corrected chi connectivity index (χ0v) is 10.2. The van der Waals surface area contributed by atoms with Crippen LogP contribution in [0, 0.1) is 17.8 Å². The molecule has 3 N–H and O–H groups in total. The molecular formula is C12H22N2O2. The second-order valence-electron chi connectivity index (χ2n) is 5.12. The standard InChI is InChI=1S/C12H22N2O2/c1-8-5-9(2)7-10(6-8)12(16)14-4-3-11(13)15/h8-10H,3-7H2,1-2H3,(H2,13,15)(H,14,16)/t8-,9+,10?. The number of nitrogens with one attached hydrogen (secondary N) is 1. The summed E-state index contributed by atoms with van der Waals surface area (Å²) in [5.41, 5.74) is 5.01. The Morgan fingerprint density at radius 2 is 1.75 bits per heavy atom. The number of carbonyl (C=O) groups is 2. The van der Waals surface area contributed by atoms with Gasteiger partial charge in [0.05, 0.1) is 0 Å². The number of hydrogen-bond donors (Lipinski definition) is 2. The Morgan fingerprint density at radius 1 is 1.19 bits per heavy atom. The molecule has 1 rings (SSSR count). The van der Waals surface area contributed by atoms with Crippen molar-refractivity contribution in [3.05, 3.63) is 0 Å². The highest BCUT2D eigenvalue weighted by molar-refractivity contribution is 5.80. The molecular weight excluding hydrogens is 204 g/mol. The summed E-state index contributed by atoms with van der Waals surface area (Å²) >= 11 is 0. The normalized spacial score (nSPS) is 29.8. The maximum Gasteiger partial charge on any atom is 0.223 e. The lowest BCUT2D eigenvalue weighted by atomic mass is 9.76. The van der Waals surface area contributed by atoms with Crippen LogP contribution in [0.3, 0.4) is 0 Å². The maximum absolute atomic E-state index is 11.8. The molecule has 4 nitrogen and oxygen atoms in total. The summed E-state index contributed by atoms with van der Waals surface area (Å²) in [4.78, 5) is 22.3. The van der Waals surface area contributed by atoms with Crippen LogP contribution >= 0.6 is 0 Å². The molecule has 1 unspecified atom stereocenters. The van der Waals surface area contributed by atoms with E-state index in [2.05, 4.69) is 19.2 Å². The van der Waals surface area contributed by atoms with E-state index in [1.165, 1.54) is 6.42 Å². The molecule has 0 aromatic heterocycles. The van der Waals surface area contributed by atoms with Crippen molar-refractivity contribution in [3.63, 3.8) is 0 Å². The Kier molecular flexibility index (Phi) is 4.77. The van der Waals surface area contributed by atoms with Gasteiger partial charge in [0.1, 0.15) is 0 Å². The van der Waals surface area contributed by atoms with Crippen molar-refractivity contribution in [3.8, 4) is 0 Å². The fraction of sp³-hybridized carbons (Fsp3) is 0.833. The molecule has 0 aromatic rings. The van der Waals surface area contributed by atoms with Gasteiger partial charge in [-0.15, -0.1) is 0 Å². The minimum Gasteiger partial charge on any atom is -0.370 e. The zero-order valence-electron chi connectivity index (χ0n) is 10.2. The van der Waals surface area contributed by atoms with Gasteiger partial charge in [-0.1, -0.05) is 13.8 Å². The molecule has 0 radical (unpaired) electrons. The lowest BCUT2D eigenvalue weighted by molar-refractivity contribution is -0.127. The van der Waals surface area contributed by atoms with Gasteiger partial charge in [0.25, 0.3) is 0 Å². The van der Waals surface area contributed by atoms with Crippen LogP contribution in [0.5, 0.6) is 0 Å². The van der Waals surface area contributed by atoms with E-state index < -0.39 is 0 Å². The van der Waals surface area contributed by atoms with Crippen LogP contribution in [0.4, 0.5) is 0 Å². The van der Waals surface area contributed by atoms with Crippen molar-refractivity contribution in [2.75, 3.05) is 6.54 Å². The Balaban J connectivity index is 2.32. The van der Waals surface area contributed by atoms with E-state index in [-0.39, 0.29) is 24.2 Å². The van der Waals surface area contributed by atoms with Gasteiger partial charge in [0.2, 0.25) is 11.8 Å². The molecule has 0 saturated heterocycles. The number of nitrogens with two attached hydrogens (primary N) is 1. The molecule has 1 aliphatic rings. The minimum absolute atomic E-state index is 0.0830. The van der Waals surface area contributed by atoms with Crippen molar-refractivity contribution in [2.45, 2.75) is 39.5 Å². The van der Waals surface area contributed by atoms with Crippen molar-refractivity contribution in [1.29, 1.82) is 0 Å². The molecule has 0 spiro atoms. The predicted octanol–water partition coefficient (Wildman–Crippen LogP) is 1.05. The van der Waals surface area contributed by atoms with Crippen molar-refractivity contribution >= 4 is 11.8 Å². The van der Waals surface area contributed by atoms with Crippen LogP contribution in [0.15, 0.2) is 0 Å². The summed E-state index contributed by atoms with van der Waals surface area (Å²) in [5.74, 6) is 1.07. The van der Waals surface area contributed by atoms with Crippen LogP contribution in [-0.2, 0) is 9.59 Å². The molecule has 16 heavy (non-hydrogen) atoms. The van der Waals surface area contributed by atoms with E-state index in [0.717, 1.165) is 12.8 Å². The first-order valence-corrected chi connectivity index (χ1v) is 6.05. The molecule has 1 aliphatic carbocycles. The highest BCUT2D eigenvalue weighted by atomic mass is 16.2. The molecule has 1 saturated carbocycles. The zero-order chi connectivity index (χ0) is 12.1. The van der Waals surface area contributed by atoms with Crippen molar-refractivity contribution < 1.29 is 9.59 Å². The predicted molar refractivity (Wildman–Crippen MR) is 62.5 cm³/mol. The van der Waals surface area contributed by atoms with Gasteiger partial charge < -0.3 is 11.1 Å². The lowest BCUT2D eigenvalue weighted by Crippen LogP contribution is -2.36. The van der Waals surface area contributed by atoms with Crippen LogP contribution in [0.1, 0.15) is 39.5 Å². The van der Waals surface area contributed by atoms with Crippen molar-refractivity contribution in [2.24, 2.45) is 23.5 Å². The fourth-order valence-electron chi connectivity index (χ4n) is 2.61. The Hall–Kier alpha value is -1.06. The number of amides is 2. The number of rotatable bonds is 4. The third-order valence-corrected chi connectivity index (χ3v) is 3.22. The third-order valence-electron chi connectivity index (χ3n) is 3.22. The van der Waals surface area contributed by atoms with E-state index in [0.29, 0.717) is 18.4 Å². The maximum atomic E-state index is 11.8. The average Bonchev–Trinajstić information content (AvgIpc) is 2.15. The van der Waals surface area contributed by atoms with Gasteiger partial charge in [-0.05, 0) is 31.1 Å². The highest BCUT2D eigenvalue weighted by Crippen LogP contribution is 2.32. The molecule has 2 amide bonds. The monoisotopic (exact) mass is 226 g/mol. The smallest absolute Gasteiger partial charge is 0.223 e. The number of hydrogen-bond acceptors (Lipinski definition) is 2. The first-order valence-electron chi connectivity index (χ1n) is 6.05. The summed E-state index contributed by atoms with van der Waals surface area (Å²) < 4.78 is 0. The van der Waals surface area contributed by atoms with E-state index in [1.54, 1.807) is 0 Å². The van der Waals surface area contributed by atoms with Gasteiger partial charge >= 0.3 is 0 Å². The lowest BCUT2D eigenvalue weighted by Gasteiger charge is -2.30.